The van der Waals surface area contributed by atoms with Crippen molar-refractivity contribution >= 4 is 50.1 Å². The molecule has 1 unspecified atom stereocenters. The molecule has 3 aromatic carbocycles. The number of thiophene rings is 1. The van der Waals surface area contributed by atoms with Crippen LogP contribution in [0.25, 0.3) is 21.2 Å². The Balaban J connectivity index is 1.51. The molecule has 5 rings (SSSR count). The summed E-state index contributed by atoms with van der Waals surface area (Å²) in [4.78, 5) is 17.2. The van der Waals surface area contributed by atoms with Crippen molar-refractivity contribution in [1.29, 1.82) is 0 Å². The maximum Gasteiger partial charge on any atom is 0.266 e. The molecule has 38 heavy (non-hydrogen) atoms. The first-order valence-corrected chi connectivity index (χ1v) is 15.7. The molecule has 7 heteroatoms. The number of rotatable bonds is 6. The summed E-state index contributed by atoms with van der Waals surface area (Å²) in [7, 11) is 0. The summed E-state index contributed by atoms with van der Waals surface area (Å²) in [5, 5.41) is 0.552. The number of amides is 1. The molecule has 0 aliphatic heterocycles. The number of fused-ring (bicyclic) bond motifs is 1. The average Bonchev–Trinajstić information content (AvgIpc) is 3.28. The fraction of sp³-hybridized carbons (Fsp3) is 0.323. The first-order chi connectivity index (χ1) is 18.2. The van der Waals surface area contributed by atoms with Gasteiger partial charge in [-0.2, -0.15) is 0 Å². The van der Waals surface area contributed by atoms with Gasteiger partial charge in [0, 0.05) is 28.7 Å². The van der Waals surface area contributed by atoms with Gasteiger partial charge in [-0.3, -0.25) is 4.79 Å². The van der Waals surface area contributed by atoms with Gasteiger partial charge >= 0.3 is 0 Å². The number of halogens is 2. The maximum atomic E-state index is 14.7. The quantitative estimate of drug-likeness (QED) is 0.219. The van der Waals surface area contributed by atoms with Crippen LogP contribution in [0.1, 0.15) is 53.4 Å². The van der Waals surface area contributed by atoms with Crippen LogP contribution in [0.2, 0.25) is 5.02 Å². The van der Waals surface area contributed by atoms with Crippen LogP contribution in [0.3, 0.4) is 0 Å². The fourth-order valence-electron chi connectivity index (χ4n) is 5.35. The molecule has 0 radical (unpaired) electrons. The number of benzene rings is 3. The van der Waals surface area contributed by atoms with Crippen LogP contribution in [0.4, 0.5) is 4.39 Å². The maximum absolute atomic E-state index is 14.7. The molecule has 1 atom stereocenters. The SMILES string of the molecule is Cc1ccc(F)c2c(Cl)c(C(=O)N(Cc3cccc(-c4cccc([S+](C)[O-])c4)c3)[C@H]3CC[C@H](C)CC3)sc12. The van der Waals surface area contributed by atoms with Crippen LogP contribution >= 0.6 is 22.9 Å². The molecular formula is C31H31ClFNO2S2. The monoisotopic (exact) mass is 567 g/mol. The van der Waals surface area contributed by atoms with Gasteiger partial charge in [0.15, 0.2) is 4.90 Å². The van der Waals surface area contributed by atoms with Gasteiger partial charge in [-0.15, -0.1) is 11.3 Å². The zero-order chi connectivity index (χ0) is 27.0. The third-order valence-electron chi connectivity index (χ3n) is 7.59. The lowest BCUT2D eigenvalue weighted by atomic mass is 9.86. The van der Waals surface area contributed by atoms with E-state index in [1.807, 2.05) is 54.3 Å². The molecule has 0 saturated heterocycles. The van der Waals surface area contributed by atoms with Crippen LogP contribution in [0.5, 0.6) is 0 Å². The number of hydrogen-bond acceptors (Lipinski definition) is 3. The highest BCUT2D eigenvalue weighted by Gasteiger charge is 2.31. The number of carbonyl (C=O) groups is 1. The van der Waals surface area contributed by atoms with E-state index in [0.29, 0.717) is 22.7 Å². The highest BCUT2D eigenvalue weighted by molar-refractivity contribution is 7.90. The van der Waals surface area contributed by atoms with E-state index in [0.717, 1.165) is 57.5 Å². The van der Waals surface area contributed by atoms with E-state index in [9.17, 15) is 13.7 Å². The lowest BCUT2D eigenvalue weighted by Gasteiger charge is -2.36. The second-order valence-electron chi connectivity index (χ2n) is 10.3. The summed E-state index contributed by atoms with van der Waals surface area (Å²) in [5.74, 6) is 0.114. The Morgan fingerprint density at radius 2 is 1.76 bits per heavy atom. The van der Waals surface area contributed by atoms with Crippen LogP contribution in [0.15, 0.2) is 65.6 Å². The summed E-state index contributed by atoms with van der Waals surface area (Å²) in [6, 6.07) is 19.2. The van der Waals surface area contributed by atoms with E-state index >= 15 is 0 Å². The summed E-state index contributed by atoms with van der Waals surface area (Å²) in [6.45, 7) is 4.62. The molecule has 1 aromatic heterocycles. The highest BCUT2D eigenvalue weighted by Crippen LogP contribution is 2.40. The first-order valence-electron chi connectivity index (χ1n) is 12.9. The van der Waals surface area contributed by atoms with Crippen molar-refractivity contribution in [3.63, 3.8) is 0 Å². The third kappa shape index (κ3) is 5.50. The van der Waals surface area contributed by atoms with Crippen LogP contribution in [-0.2, 0) is 17.7 Å². The second-order valence-corrected chi connectivity index (χ2v) is 13.1. The van der Waals surface area contributed by atoms with Crippen molar-refractivity contribution in [1.82, 2.24) is 4.90 Å². The van der Waals surface area contributed by atoms with E-state index in [-0.39, 0.29) is 17.0 Å². The Kier molecular flexibility index (Phi) is 8.15. The van der Waals surface area contributed by atoms with Crippen molar-refractivity contribution in [3.05, 3.63) is 87.5 Å². The van der Waals surface area contributed by atoms with Crippen LogP contribution < -0.4 is 0 Å². The third-order valence-corrected chi connectivity index (χ3v) is 10.3. The predicted octanol–water partition coefficient (Wildman–Crippen LogP) is 8.63. The lowest BCUT2D eigenvalue weighted by Crippen LogP contribution is -2.41. The van der Waals surface area contributed by atoms with Gasteiger partial charge in [0.25, 0.3) is 5.91 Å². The molecule has 1 aliphatic rings. The van der Waals surface area contributed by atoms with Gasteiger partial charge in [0.1, 0.15) is 17.0 Å². The summed E-state index contributed by atoms with van der Waals surface area (Å²) < 4.78 is 27.5. The molecule has 198 valence electrons. The topological polar surface area (TPSA) is 43.4 Å². The zero-order valence-electron chi connectivity index (χ0n) is 21.8. The van der Waals surface area contributed by atoms with Crippen molar-refractivity contribution in [2.24, 2.45) is 5.92 Å². The largest absolute Gasteiger partial charge is 0.612 e. The van der Waals surface area contributed by atoms with Crippen LogP contribution in [0, 0.1) is 18.7 Å². The summed E-state index contributed by atoms with van der Waals surface area (Å²) in [5.41, 5.74) is 3.92. The molecule has 1 fully saturated rings. The minimum atomic E-state index is -1.06. The Morgan fingerprint density at radius 1 is 1.08 bits per heavy atom. The van der Waals surface area contributed by atoms with Gasteiger partial charge < -0.3 is 9.45 Å². The smallest absolute Gasteiger partial charge is 0.266 e. The average molecular weight is 568 g/mol. The molecule has 3 nitrogen and oxygen atoms in total. The second kappa shape index (κ2) is 11.4. The van der Waals surface area contributed by atoms with Crippen molar-refractivity contribution in [3.8, 4) is 11.1 Å². The molecule has 1 amide bonds. The Morgan fingerprint density at radius 3 is 2.45 bits per heavy atom. The van der Waals surface area contributed by atoms with Gasteiger partial charge in [0.2, 0.25) is 0 Å². The van der Waals surface area contributed by atoms with Gasteiger partial charge in [-0.1, -0.05) is 54.9 Å². The number of hydrogen-bond donors (Lipinski definition) is 0. The normalized spacial score (nSPS) is 18.5. The predicted molar refractivity (Wildman–Crippen MR) is 157 cm³/mol. The summed E-state index contributed by atoms with van der Waals surface area (Å²) >= 11 is 6.91. The molecule has 0 spiro atoms. The van der Waals surface area contributed by atoms with Crippen molar-refractivity contribution < 1.29 is 13.7 Å². The Hall–Kier alpha value is -2.38. The van der Waals surface area contributed by atoms with E-state index in [4.69, 9.17) is 11.6 Å². The molecular weight excluding hydrogens is 537 g/mol. The molecule has 1 saturated carbocycles. The van der Waals surface area contributed by atoms with Crippen molar-refractivity contribution in [2.45, 2.75) is 57.0 Å². The lowest BCUT2D eigenvalue weighted by molar-refractivity contribution is 0.0598. The van der Waals surface area contributed by atoms with E-state index in [1.165, 1.54) is 17.4 Å². The standard InChI is InChI=1S/C31H31ClFNO2S2/c1-19-10-13-24(14-11-19)34(31(35)30-28(32)27-26(33)15-12-20(2)29(27)37-30)18-21-6-4-7-22(16-21)23-8-5-9-25(17-23)38(3)36/h4-9,12,15-17,19,24H,10-11,13-14,18H2,1-3H3/t19-,24-,38?. The van der Waals surface area contributed by atoms with Gasteiger partial charge in [-0.25, -0.2) is 4.39 Å². The molecule has 1 heterocycles. The number of nitrogens with zero attached hydrogens (tertiary/aromatic N) is 1. The minimum absolute atomic E-state index is 0.0976. The van der Waals surface area contributed by atoms with E-state index in [1.54, 1.807) is 12.3 Å². The van der Waals surface area contributed by atoms with E-state index < -0.39 is 17.0 Å². The fourth-order valence-corrected chi connectivity index (χ4v) is 7.48. The summed E-state index contributed by atoms with van der Waals surface area (Å²) in [6.07, 6.45) is 5.70. The molecule has 1 aliphatic carbocycles. The van der Waals surface area contributed by atoms with Crippen LogP contribution in [-0.4, -0.2) is 27.7 Å². The van der Waals surface area contributed by atoms with Gasteiger partial charge in [0.05, 0.1) is 5.02 Å². The molecule has 0 N–H and O–H groups in total. The number of aryl methyl sites for hydroxylation is 1. The Bertz CT molecular complexity index is 1480. The number of carbonyl (C=O) groups excluding carboxylic acids is 1. The van der Waals surface area contributed by atoms with Gasteiger partial charge in [-0.05, 0) is 90.2 Å². The Labute approximate surface area is 235 Å². The van der Waals surface area contributed by atoms with E-state index in [2.05, 4.69) is 13.0 Å². The molecule has 4 aromatic rings. The first kappa shape index (κ1) is 27.2. The minimum Gasteiger partial charge on any atom is -0.612 e. The zero-order valence-corrected chi connectivity index (χ0v) is 24.2. The highest BCUT2D eigenvalue weighted by atomic mass is 35.5. The van der Waals surface area contributed by atoms with Crippen molar-refractivity contribution in [2.75, 3.05) is 6.26 Å². The molecule has 0 bridgehead atoms.